The molecule has 0 unspecified atom stereocenters. The number of carbonyl (C=O) groups excluding carboxylic acids is 1. The molecule has 2 fully saturated rings. The molecular formula is C16H21N5O. The first-order chi connectivity index (χ1) is 10.8. The number of fused-ring (bicyclic) bond motifs is 1. The van der Waals surface area contributed by atoms with E-state index in [1.807, 2.05) is 17.2 Å². The summed E-state index contributed by atoms with van der Waals surface area (Å²) in [6.45, 7) is 3.58. The first-order valence-electron chi connectivity index (χ1n) is 8.14. The second-order valence-electron chi connectivity index (χ2n) is 6.22. The van der Waals surface area contributed by atoms with E-state index in [1.165, 1.54) is 25.7 Å². The number of hydrogen-bond donors (Lipinski definition) is 0. The van der Waals surface area contributed by atoms with Crippen molar-refractivity contribution in [3.05, 3.63) is 30.4 Å². The Morgan fingerprint density at radius 3 is 2.64 bits per heavy atom. The van der Waals surface area contributed by atoms with E-state index in [2.05, 4.69) is 14.9 Å². The topological polar surface area (TPSA) is 53.7 Å². The van der Waals surface area contributed by atoms with Gasteiger partial charge in [-0.25, -0.2) is 9.97 Å². The second kappa shape index (κ2) is 5.68. The van der Waals surface area contributed by atoms with Gasteiger partial charge in [-0.15, -0.1) is 0 Å². The molecule has 1 aliphatic heterocycles. The standard InChI is InChI=1S/C16H21N5O/c22-15(14-12-21-7-3-6-17-16(21)18-14)20-10-8-19(9-11-20)13-4-1-2-5-13/h3,6-7,12-13H,1-2,4-5,8-11H2. The number of piperazine rings is 1. The fourth-order valence-corrected chi connectivity index (χ4v) is 3.65. The predicted octanol–water partition coefficient (Wildman–Crippen LogP) is 1.43. The monoisotopic (exact) mass is 299 g/mol. The summed E-state index contributed by atoms with van der Waals surface area (Å²) < 4.78 is 1.79. The summed E-state index contributed by atoms with van der Waals surface area (Å²) in [5, 5.41) is 0. The zero-order valence-corrected chi connectivity index (χ0v) is 12.7. The zero-order chi connectivity index (χ0) is 14.9. The van der Waals surface area contributed by atoms with Gasteiger partial charge in [0.1, 0.15) is 5.69 Å². The first kappa shape index (κ1) is 13.7. The zero-order valence-electron chi connectivity index (χ0n) is 12.7. The minimum absolute atomic E-state index is 0.0246. The van der Waals surface area contributed by atoms with E-state index in [9.17, 15) is 4.79 Å². The summed E-state index contributed by atoms with van der Waals surface area (Å²) in [5.41, 5.74) is 0.494. The van der Waals surface area contributed by atoms with E-state index in [-0.39, 0.29) is 5.91 Å². The van der Waals surface area contributed by atoms with Crippen molar-refractivity contribution in [3.63, 3.8) is 0 Å². The Kier molecular flexibility index (Phi) is 3.54. The highest BCUT2D eigenvalue weighted by Gasteiger charge is 2.28. The summed E-state index contributed by atoms with van der Waals surface area (Å²) in [6, 6.07) is 2.58. The van der Waals surface area contributed by atoms with Gasteiger partial charge in [0.05, 0.1) is 0 Å². The Labute approximate surface area is 129 Å². The molecule has 2 aromatic heterocycles. The van der Waals surface area contributed by atoms with Gasteiger partial charge in [-0.05, 0) is 18.9 Å². The largest absolute Gasteiger partial charge is 0.335 e. The van der Waals surface area contributed by atoms with Crippen LogP contribution in [0.3, 0.4) is 0 Å². The molecule has 0 radical (unpaired) electrons. The van der Waals surface area contributed by atoms with Crippen molar-refractivity contribution in [2.24, 2.45) is 0 Å². The molecule has 1 saturated heterocycles. The van der Waals surface area contributed by atoms with Crippen LogP contribution in [0.25, 0.3) is 5.78 Å². The number of aromatic nitrogens is 3. The lowest BCUT2D eigenvalue weighted by molar-refractivity contribution is 0.0568. The summed E-state index contributed by atoms with van der Waals surface area (Å²) in [5.74, 6) is 0.604. The number of carbonyl (C=O) groups is 1. The van der Waals surface area contributed by atoms with Gasteiger partial charge in [0, 0.05) is 50.8 Å². The molecular weight excluding hydrogens is 278 g/mol. The molecule has 116 valence electrons. The van der Waals surface area contributed by atoms with Gasteiger partial charge in [0.25, 0.3) is 5.91 Å². The van der Waals surface area contributed by atoms with Crippen molar-refractivity contribution in [1.29, 1.82) is 0 Å². The van der Waals surface area contributed by atoms with Gasteiger partial charge in [-0.1, -0.05) is 12.8 Å². The first-order valence-corrected chi connectivity index (χ1v) is 8.14. The van der Waals surface area contributed by atoms with Crippen molar-refractivity contribution in [2.75, 3.05) is 26.2 Å². The number of nitrogens with zero attached hydrogens (tertiary/aromatic N) is 5. The molecule has 3 heterocycles. The van der Waals surface area contributed by atoms with Crippen molar-refractivity contribution >= 4 is 11.7 Å². The lowest BCUT2D eigenvalue weighted by atomic mass is 10.2. The van der Waals surface area contributed by atoms with Crippen LogP contribution in [0.1, 0.15) is 36.2 Å². The van der Waals surface area contributed by atoms with E-state index in [0.29, 0.717) is 11.5 Å². The summed E-state index contributed by atoms with van der Waals surface area (Å²) in [4.78, 5) is 25.6. The molecule has 6 heteroatoms. The molecule has 1 saturated carbocycles. The van der Waals surface area contributed by atoms with E-state index in [4.69, 9.17) is 0 Å². The number of rotatable bonds is 2. The van der Waals surface area contributed by atoms with Gasteiger partial charge in [0.2, 0.25) is 5.78 Å². The highest BCUT2D eigenvalue weighted by Crippen LogP contribution is 2.24. The normalized spacial score (nSPS) is 20.8. The molecule has 1 amide bonds. The third-order valence-electron chi connectivity index (χ3n) is 4.90. The van der Waals surface area contributed by atoms with E-state index in [1.54, 1.807) is 16.8 Å². The second-order valence-corrected chi connectivity index (χ2v) is 6.22. The Bertz CT molecular complexity index is 635. The molecule has 1 aliphatic carbocycles. The Morgan fingerprint density at radius 1 is 1.14 bits per heavy atom. The number of imidazole rings is 1. The highest BCUT2D eigenvalue weighted by molar-refractivity contribution is 5.92. The average Bonchev–Trinajstić information content (AvgIpc) is 3.23. The van der Waals surface area contributed by atoms with E-state index in [0.717, 1.165) is 32.2 Å². The van der Waals surface area contributed by atoms with Crippen molar-refractivity contribution < 1.29 is 4.79 Å². The van der Waals surface area contributed by atoms with Crippen LogP contribution >= 0.6 is 0 Å². The van der Waals surface area contributed by atoms with Crippen molar-refractivity contribution in [3.8, 4) is 0 Å². The van der Waals surface area contributed by atoms with Crippen LogP contribution < -0.4 is 0 Å². The van der Waals surface area contributed by atoms with E-state index < -0.39 is 0 Å². The molecule has 6 nitrogen and oxygen atoms in total. The van der Waals surface area contributed by atoms with Gasteiger partial charge < -0.3 is 4.90 Å². The Balaban J connectivity index is 1.43. The summed E-state index contributed by atoms with van der Waals surface area (Å²) >= 11 is 0. The minimum atomic E-state index is 0.0246. The molecule has 2 aromatic rings. The van der Waals surface area contributed by atoms with E-state index >= 15 is 0 Å². The van der Waals surface area contributed by atoms with Crippen LogP contribution in [0.15, 0.2) is 24.7 Å². The summed E-state index contributed by atoms with van der Waals surface area (Å²) in [6.07, 6.45) is 10.7. The van der Waals surface area contributed by atoms with Gasteiger partial charge >= 0.3 is 0 Å². The SMILES string of the molecule is O=C(c1cn2cccnc2n1)N1CCN(C2CCCC2)CC1. The Morgan fingerprint density at radius 2 is 1.91 bits per heavy atom. The maximum atomic E-state index is 12.6. The van der Waals surface area contributed by atoms with Crippen molar-refractivity contribution in [1.82, 2.24) is 24.2 Å². The molecule has 0 spiro atoms. The highest BCUT2D eigenvalue weighted by atomic mass is 16.2. The summed E-state index contributed by atoms with van der Waals surface area (Å²) in [7, 11) is 0. The maximum Gasteiger partial charge on any atom is 0.274 e. The third kappa shape index (κ3) is 2.47. The number of amides is 1. The lowest BCUT2D eigenvalue weighted by Gasteiger charge is -2.37. The molecule has 22 heavy (non-hydrogen) atoms. The quantitative estimate of drug-likeness (QED) is 0.842. The maximum absolute atomic E-state index is 12.6. The lowest BCUT2D eigenvalue weighted by Crippen LogP contribution is -2.51. The van der Waals surface area contributed by atoms with Crippen LogP contribution in [-0.2, 0) is 0 Å². The molecule has 4 rings (SSSR count). The van der Waals surface area contributed by atoms with Crippen LogP contribution in [0.2, 0.25) is 0 Å². The Hall–Kier alpha value is -1.95. The molecule has 0 aromatic carbocycles. The predicted molar refractivity (Wildman–Crippen MR) is 82.7 cm³/mol. The van der Waals surface area contributed by atoms with Gasteiger partial charge in [0.15, 0.2) is 0 Å². The molecule has 0 N–H and O–H groups in total. The van der Waals surface area contributed by atoms with Crippen molar-refractivity contribution in [2.45, 2.75) is 31.7 Å². The number of hydrogen-bond acceptors (Lipinski definition) is 4. The van der Waals surface area contributed by atoms with Crippen LogP contribution in [0.5, 0.6) is 0 Å². The fourth-order valence-electron chi connectivity index (χ4n) is 3.65. The molecule has 0 bridgehead atoms. The van der Waals surface area contributed by atoms with Crippen LogP contribution in [-0.4, -0.2) is 62.3 Å². The average molecular weight is 299 g/mol. The smallest absolute Gasteiger partial charge is 0.274 e. The molecule has 0 atom stereocenters. The van der Waals surface area contributed by atoms with Gasteiger partial charge in [-0.3, -0.25) is 14.1 Å². The van der Waals surface area contributed by atoms with Crippen LogP contribution in [0.4, 0.5) is 0 Å². The third-order valence-corrected chi connectivity index (χ3v) is 4.90. The van der Waals surface area contributed by atoms with Gasteiger partial charge in [-0.2, -0.15) is 0 Å². The minimum Gasteiger partial charge on any atom is -0.335 e. The van der Waals surface area contributed by atoms with Crippen LogP contribution in [0, 0.1) is 0 Å². The molecule has 2 aliphatic rings. The fraction of sp³-hybridized carbons (Fsp3) is 0.562.